The van der Waals surface area contributed by atoms with Crippen molar-refractivity contribution in [3.63, 3.8) is 0 Å². The van der Waals surface area contributed by atoms with Crippen LogP contribution in [0.25, 0.3) is 0 Å². The van der Waals surface area contributed by atoms with Gasteiger partial charge in [0.15, 0.2) is 6.29 Å². The van der Waals surface area contributed by atoms with E-state index in [9.17, 15) is 35.1 Å². The highest BCUT2D eigenvalue weighted by molar-refractivity contribution is 5.76. The van der Waals surface area contributed by atoms with Gasteiger partial charge in [-0.25, -0.2) is 0 Å². The van der Waals surface area contributed by atoms with Crippen molar-refractivity contribution >= 4 is 11.9 Å². The van der Waals surface area contributed by atoms with E-state index < -0.39 is 49.5 Å². The van der Waals surface area contributed by atoms with Crippen LogP contribution in [0, 0.1) is 0 Å². The molecule has 11 nitrogen and oxygen atoms in total. The Morgan fingerprint density at radius 3 is 1.30 bits per heavy atom. The Labute approximate surface area is 516 Å². The maximum atomic E-state index is 13.0. The molecule has 0 saturated carbocycles. The van der Waals surface area contributed by atoms with Crippen LogP contribution in [0.3, 0.4) is 0 Å². The highest BCUT2D eigenvalue weighted by Crippen LogP contribution is 2.23. The zero-order valence-electron chi connectivity index (χ0n) is 54.4. The van der Waals surface area contributed by atoms with E-state index in [1.54, 1.807) is 6.08 Å². The average molecular weight is 1180 g/mol. The number of amides is 1. The molecule has 0 spiro atoms. The van der Waals surface area contributed by atoms with Gasteiger partial charge in [-0.15, -0.1) is 0 Å². The van der Waals surface area contributed by atoms with Gasteiger partial charge in [-0.1, -0.05) is 293 Å². The second-order valence-electron chi connectivity index (χ2n) is 24.5. The largest absolute Gasteiger partial charge is 0.466 e. The molecule has 1 aliphatic rings. The van der Waals surface area contributed by atoms with Gasteiger partial charge in [0.1, 0.15) is 24.4 Å². The summed E-state index contributed by atoms with van der Waals surface area (Å²) in [5.74, 6) is -0.190. The summed E-state index contributed by atoms with van der Waals surface area (Å²) in [5, 5.41) is 54.3. The number of ether oxygens (including phenoxy) is 3. The van der Waals surface area contributed by atoms with Crippen LogP contribution in [0.2, 0.25) is 0 Å². The maximum Gasteiger partial charge on any atom is 0.305 e. The van der Waals surface area contributed by atoms with Crippen molar-refractivity contribution in [3.8, 4) is 0 Å². The molecular formula is C73H133NO10. The maximum absolute atomic E-state index is 13.0. The number of hydrogen-bond acceptors (Lipinski definition) is 10. The summed E-state index contributed by atoms with van der Waals surface area (Å²) in [6.07, 6.45) is 72.4. The lowest BCUT2D eigenvalue weighted by molar-refractivity contribution is -0.302. The lowest BCUT2D eigenvalue weighted by Gasteiger charge is -2.40. The fourth-order valence-electron chi connectivity index (χ4n) is 11.0. The number of esters is 1. The number of unbranched alkanes of at least 4 members (excludes halogenated alkanes) is 40. The summed E-state index contributed by atoms with van der Waals surface area (Å²) >= 11 is 0. The van der Waals surface area contributed by atoms with Gasteiger partial charge < -0.3 is 45.1 Å². The highest BCUT2D eigenvalue weighted by atomic mass is 16.7. The van der Waals surface area contributed by atoms with Gasteiger partial charge in [0.2, 0.25) is 5.91 Å². The van der Waals surface area contributed by atoms with Gasteiger partial charge in [-0.2, -0.15) is 0 Å². The van der Waals surface area contributed by atoms with Crippen LogP contribution in [0.15, 0.2) is 60.8 Å². The number of aliphatic hydroxyl groups excluding tert-OH is 5. The van der Waals surface area contributed by atoms with E-state index >= 15 is 0 Å². The van der Waals surface area contributed by atoms with Gasteiger partial charge in [0.05, 0.1) is 32.0 Å². The third kappa shape index (κ3) is 50.4. The summed E-state index contributed by atoms with van der Waals surface area (Å²) in [5.41, 5.74) is 0. The number of nitrogens with one attached hydrogen (secondary N) is 1. The first-order chi connectivity index (χ1) is 41.2. The molecule has 1 rings (SSSR count). The topological polar surface area (TPSA) is 175 Å². The Bertz CT molecular complexity index is 1580. The molecular weight excluding hydrogens is 1050 g/mol. The van der Waals surface area contributed by atoms with Crippen LogP contribution in [0.5, 0.6) is 0 Å². The zero-order valence-corrected chi connectivity index (χ0v) is 54.4. The molecule has 0 aromatic rings. The summed E-state index contributed by atoms with van der Waals surface area (Å²) < 4.78 is 16.7. The monoisotopic (exact) mass is 1180 g/mol. The van der Waals surface area contributed by atoms with E-state index in [4.69, 9.17) is 14.2 Å². The molecule has 0 aromatic carbocycles. The quantitative estimate of drug-likeness (QED) is 0.0195. The third-order valence-electron chi connectivity index (χ3n) is 16.6. The van der Waals surface area contributed by atoms with Gasteiger partial charge >= 0.3 is 5.97 Å². The standard InChI is InChI=1S/C73H133NO10/c1-3-5-7-9-11-13-15-16-34-38-41-45-49-53-57-61-69(78)82-62-58-54-50-46-42-39-36-33-31-29-27-25-23-21-19-17-18-20-22-24-26-28-30-32-35-37-40-44-48-52-56-60-68(77)74-65(64-83-73-72(81)71(80)70(79)67(63-75)84-73)66(76)59-55-51-47-43-14-12-10-8-6-4-2/h6,8,14,19,21,25,27,43,55,59,65-67,70-73,75-76,79-81H,3-5,7,9-13,15-18,20,22-24,26,28-42,44-54,56-58,60-64H2,1-2H3,(H,74,77)/b8-6+,21-19-,27-25-,43-14+,59-55+. The Morgan fingerprint density at radius 2 is 0.845 bits per heavy atom. The molecule has 1 heterocycles. The van der Waals surface area contributed by atoms with E-state index in [2.05, 4.69) is 67.8 Å². The molecule has 11 heteroatoms. The minimum absolute atomic E-state index is 0.00758. The van der Waals surface area contributed by atoms with Crippen LogP contribution in [0.1, 0.15) is 328 Å². The van der Waals surface area contributed by atoms with Crippen molar-refractivity contribution < 1.29 is 49.3 Å². The van der Waals surface area contributed by atoms with Crippen LogP contribution in [-0.2, 0) is 23.8 Å². The summed E-state index contributed by atoms with van der Waals surface area (Å²) in [6, 6.07) is -0.834. The summed E-state index contributed by atoms with van der Waals surface area (Å²) in [4.78, 5) is 25.1. The van der Waals surface area contributed by atoms with Crippen LogP contribution in [-0.4, -0.2) is 100 Å². The molecule has 6 N–H and O–H groups in total. The minimum Gasteiger partial charge on any atom is -0.466 e. The van der Waals surface area contributed by atoms with Crippen molar-refractivity contribution in [2.24, 2.45) is 0 Å². The lowest BCUT2D eigenvalue weighted by atomic mass is 9.99. The molecule has 0 aromatic heterocycles. The molecule has 490 valence electrons. The first-order valence-electron chi connectivity index (χ1n) is 35.6. The number of carbonyl (C=O) groups is 2. The fourth-order valence-corrected chi connectivity index (χ4v) is 11.0. The zero-order chi connectivity index (χ0) is 60.9. The van der Waals surface area contributed by atoms with Crippen molar-refractivity contribution in [2.75, 3.05) is 19.8 Å². The second kappa shape index (κ2) is 62.0. The molecule has 1 amide bonds. The molecule has 7 atom stereocenters. The number of hydrogen-bond donors (Lipinski definition) is 6. The summed E-state index contributed by atoms with van der Waals surface area (Å²) in [6.45, 7) is 4.22. The first-order valence-corrected chi connectivity index (χ1v) is 35.6. The molecule has 1 saturated heterocycles. The van der Waals surface area contributed by atoms with Crippen LogP contribution >= 0.6 is 0 Å². The van der Waals surface area contributed by atoms with Crippen molar-refractivity contribution in [1.82, 2.24) is 5.32 Å². The predicted octanol–water partition coefficient (Wildman–Crippen LogP) is 18.1. The van der Waals surface area contributed by atoms with E-state index in [1.807, 2.05) is 6.08 Å². The third-order valence-corrected chi connectivity index (χ3v) is 16.6. The van der Waals surface area contributed by atoms with E-state index in [-0.39, 0.29) is 18.5 Å². The average Bonchev–Trinajstić information content (AvgIpc) is 3.54. The number of aliphatic hydroxyl groups is 5. The van der Waals surface area contributed by atoms with Gasteiger partial charge in [-0.05, 0) is 83.5 Å². The van der Waals surface area contributed by atoms with Crippen LogP contribution < -0.4 is 5.32 Å². The molecule has 0 bridgehead atoms. The van der Waals surface area contributed by atoms with Gasteiger partial charge in [-0.3, -0.25) is 9.59 Å². The number of carbonyl (C=O) groups excluding carboxylic acids is 2. The Balaban J connectivity index is 1.94. The Morgan fingerprint density at radius 1 is 0.452 bits per heavy atom. The molecule has 84 heavy (non-hydrogen) atoms. The lowest BCUT2D eigenvalue weighted by Crippen LogP contribution is -2.60. The Kier molecular flexibility index (Phi) is 58.6. The second-order valence-corrected chi connectivity index (χ2v) is 24.5. The Hall–Kier alpha value is -2.64. The van der Waals surface area contributed by atoms with E-state index in [0.29, 0.717) is 19.4 Å². The first kappa shape index (κ1) is 79.4. The van der Waals surface area contributed by atoms with Gasteiger partial charge in [0, 0.05) is 12.8 Å². The van der Waals surface area contributed by atoms with Gasteiger partial charge in [0.25, 0.3) is 0 Å². The SMILES string of the molecule is CC/C=C/CC/C=C/CC/C=C/C(O)C(COC1OC(CO)C(O)C(O)C1O)NC(=O)CCCCCCCCCCCCCCCCC/C=C\C/C=C\CCCCCCCCCCCOC(=O)CCCCCCCCCCCCCCCCC. The van der Waals surface area contributed by atoms with E-state index in [0.717, 1.165) is 77.0 Å². The molecule has 1 aliphatic heterocycles. The smallest absolute Gasteiger partial charge is 0.305 e. The fraction of sp³-hybridized carbons (Fsp3) is 0.836. The van der Waals surface area contributed by atoms with E-state index in [1.165, 1.54) is 225 Å². The van der Waals surface area contributed by atoms with Crippen molar-refractivity contribution in [2.45, 2.75) is 371 Å². The number of allylic oxidation sites excluding steroid dienone is 9. The number of rotatable bonds is 62. The molecule has 1 fully saturated rings. The molecule has 7 unspecified atom stereocenters. The summed E-state index contributed by atoms with van der Waals surface area (Å²) in [7, 11) is 0. The molecule has 0 radical (unpaired) electrons. The molecule has 0 aliphatic carbocycles. The minimum atomic E-state index is -1.58. The normalized spacial score (nSPS) is 18.4. The predicted molar refractivity (Wildman–Crippen MR) is 352 cm³/mol. The van der Waals surface area contributed by atoms with Crippen LogP contribution in [0.4, 0.5) is 0 Å². The van der Waals surface area contributed by atoms with Crippen molar-refractivity contribution in [3.05, 3.63) is 60.8 Å². The van der Waals surface area contributed by atoms with Crippen molar-refractivity contribution in [1.29, 1.82) is 0 Å². The highest BCUT2D eigenvalue weighted by Gasteiger charge is 2.44.